The molecule has 0 aromatic heterocycles. The molecule has 8 aromatic rings. The van der Waals surface area contributed by atoms with Crippen molar-refractivity contribution in [1.29, 1.82) is 0 Å². The molecule has 0 aliphatic heterocycles. The molecule has 0 amide bonds. The van der Waals surface area contributed by atoms with E-state index in [1.807, 2.05) is 0 Å². The van der Waals surface area contributed by atoms with E-state index in [0.717, 1.165) is 72.8 Å². The number of hydrogen-bond donors (Lipinski definition) is 2. The maximum Gasteiger partial charge on any atom is 0.270 e. The van der Waals surface area contributed by atoms with Gasteiger partial charge in [-0.05, 0) is 84.9 Å². The first kappa shape index (κ1) is 54.1. The summed E-state index contributed by atoms with van der Waals surface area (Å²) in [6, 6.07) is 22.9. The van der Waals surface area contributed by atoms with Gasteiger partial charge < -0.3 is 11.5 Å². The Kier molecular flexibility index (Phi) is 17.1. The molecule has 23 heteroatoms. The molecule has 8 aromatic carbocycles. The summed E-state index contributed by atoms with van der Waals surface area (Å²) in [6.07, 6.45) is 0. The molecule has 8 nitrogen and oxygen atoms in total. The van der Waals surface area contributed by atoms with Crippen LogP contribution < -0.4 is 11.5 Å². The van der Waals surface area contributed by atoms with Crippen LogP contribution >= 0.6 is 82.3 Å². The summed E-state index contributed by atoms with van der Waals surface area (Å²) < 4.78 is 120. The molecule has 0 saturated heterocycles. The maximum absolute atomic E-state index is 15.4. The Hall–Kier alpha value is -6.25. The Bertz CT molecular complexity index is 3230. The van der Waals surface area contributed by atoms with E-state index in [-0.39, 0.29) is 96.8 Å². The molecule has 0 fully saturated rings. The third kappa shape index (κ3) is 11.4. The second-order valence-electron chi connectivity index (χ2n) is 14.5. The highest BCUT2D eigenvalue weighted by Gasteiger charge is 2.26. The number of nitro groups is 2. The van der Waals surface area contributed by atoms with Crippen molar-refractivity contribution >= 4 is 105 Å². The second kappa shape index (κ2) is 22.4. The van der Waals surface area contributed by atoms with Crippen LogP contribution in [0.2, 0.25) is 20.1 Å². The van der Waals surface area contributed by atoms with Crippen LogP contribution in [-0.4, -0.2) is 9.85 Å². The van der Waals surface area contributed by atoms with E-state index in [4.69, 9.17) is 57.9 Å². The zero-order valence-corrected chi connectivity index (χ0v) is 40.5. The standard InChI is InChI=1S/C24H10Cl2F4N2O4S.C24H14Cl2F4N2S.ClH/c25-15-9-11(31(33)34)1-3-13(15)21-17(27)5-7-19(23(21)29)37-20-8-6-18(28)22(24(20)30)14-4-2-12(32(35)36)10-16(14)26;25-15-9-11(31)1-3-13(15)21-17(27)5-7-19(23(21)29)33-20-8-6-18(28)22(24(20)30)14-4-2-12(32)10-16(14)26;/h1-10H;1-10H,31-32H2;1H. The van der Waals surface area contributed by atoms with Gasteiger partial charge in [-0.15, -0.1) is 12.4 Å². The summed E-state index contributed by atoms with van der Waals surface area (Å²) in [5.74, 6) is -7.87. The number of nitrogen functional groups attached to an aromatic ring is 2. The molecule has 0 bridgehead atoms. The predicted octanol–water partition coefficient (Wildman–Crippen LogP) is 17.5. The number of non-ortho nitro benzene ring substituents is 2. The van der Waals surface area contributed by atoms with Crippen molar-refractivity contribution in [1.82, 2.24) is 0 Å². The first-order chi connectivity index (χ1) is 33.2. The summed E-state index contributed by atoms with van der Waals surface area (Å²) in [5, 5.41) is 21.4. The van der Waals surface area contributed by atoms with E-state index in [1.54, 1.807) is 0 Å². The lowest BCUT2D eigenvalue weighted by Gasteiger charge is -2.14. The summed E-state index contributed by atoms with van der Waals surface area (Å²) in [5.41, 5.74) is 9.13. The second-order valence-corrected chi connectivity index (χ2v) is 18.3. The van der Waals surface area contributed by atoms with Gasteiger partial charge in [0.25, 0.3) is 11.4 Å². The number of nitro benzene ring substituents is 2. The average Bonchev–Trinajstić information content (AvgIpc) is 3.29. The van der Waals surface area contributed by atoms with E-state index in [9.17, 15) is 37.8 Å². The number of nitrogens with two attached hydrogens (primary N) is 2. The van der Waals surface area contributed by atoms with E-state index >= 15 is 17.6 Å². The minimum atomic E-state index is -1.13. The summed E-state index contributed by atoms with van der Waals surface area (Å²) >= 11 is 25.5. The molecule has 0 aliphatic rings. The number of nitrogens with zero attached hydrogens (tertiary/aromatic N) is 2. The molecular formula is C48H25Cl5F8N4O4S2. The predicted molar refractivity (Wildman–Crippen MR) is 265 cm³/mol. The zero-order chi connectivity index (χ0) is 50.9. The Balaban J connectivity index is 0.000000231. The maximum atomic E-state index is 15.4. The van der Waals surface area contributed by atoms with Gasteiger partial charge in [0.05, 0.1) is 52.2 Å². The summed E-state index contributed by atoms with van der Waals surface area (Å²) in [6.45, 7) is 0. The number of hydrogen-bond acceptors (Lipinski definition) is 8. The minimum absolute atomic E-state index is 0. The molecule has 0 radical (unpaired) electrons. The monoisotopic (exact) mass is 1110 g/mol. The number of anilines is 2. The van der Waals surface area contributed by atoms with E-state index < -0.39 is 67.5 Å². The third-order valence-electron chi connectivity index (χ3n) is 10.1. The molecule has 8 rings (SSSR count). The van der Waals surface area contributed by atoms with Gasteiger partial charge >= 0.3 is 0 Å². The van der Waals surface area contributed by atoms with Crippen LogP contribution in [0.1, 0.15) is 0 Å². The third-order valence-corrected chi connectivity index (χ3v) is 13.4. The number of rotatable bonds is 10. The zero-order valence-electron chi connectivity index (χ0n) is 35.0. The van der Waals surface area contributed by atoms with Crippen LogP contribution in [0.25, 0.3) is 44.5 Å². The lowest BCUT2D eigenvalue weighted by Crippen LogP contribution is -1.97. The van der Waals surface area contributed by atoms with Crippen LogP contribution in [0.5, 0.6) is 0 Å². The highest BCUT2D eigenvalue weighted by molar-refractivity contribution is 7.99. The molecule has 71 heavy (non-hydrogen) atoms. The lowest BCUT2D eigenvalue weighted by molar-refractivity contribution is -0.385. The van der Waals surface area contributed by atoms with Gasteiger partial charge in [0.15, 0.2) is 0 Å². The van der Waals surface area contributed by atoms with Gasteiger partial charge in [0, 0.05) is 77.5 Å². The molecular weight excluding hydrogens is 1090 g/mol. The Morgan fingerprint density at radius 1 is 0.380 bits per heavy atom. The van der Waals surface area contributed by atoms with Gasteiger partial charge in [-0.2, -0.15) is 0 Å². The van der Waals surface area contributed by atoms with Gasteiger partial charge in [0.1, 0.15) is 46.5 Å². The molecule has 4 N–H and O–H groups in total. The first-order valence-electron chi connectivity index (χ1n) is 19.4. The van der Waals surface area contributed by atoms with Crippen LogP contribution in [-0.2, 0) is 0 Å². The molecule has 0 atom stereocenters. The normalized spacial score (nSPS) is 10.9. The van der Waals surface area contributed by atoms with Crippen LogP contribution in [0, 0.1) is 66.8 Å². The molecule has 0 unspecified atom stereocenters. The Morgan fingerprint density at radius 3 is 0.845 bits per heavy atom. The largest absolute Gasteiger partial charge is 0.399 e. The quantitative estimate of drug-likeness (QED) is 0.0598. The topological polar surface area (TPSA) is 138 Å². The van der Waals surface area contributed by atoms with E-state index in [1.165, 1.54) is 48.5 Å². The van der Waals surface area contributed by atoms with Gasteiger partial charge in [0.2, 0.25) is 0 Å². The van der Waals surface area contributed by atoms with E-state index in [0.29, 0.717) is 34.9 Å². The SMILES string of the molecule is Cl.Nc1ccc(-c2c(F)ccc(Sc3ccc(F)c(-c4ccc(N)cc4Cl)c3F)c2F)c(Cl)c1.O=[N+]([O-])c1ccc(-c2c(F)ccc(Sc3ccc(F)c(-c4ccc([N+](=O)[O-])cc4Cl)c3F)c2F)c(Cl)c1. The van der Waals surface area contributed by atoms with Gasteiger partial charge in [-0.25, -0.2) is 35.1 Å². The molecule has 364 valence electrons. The minimum Gasteiger partial charge on any atom is -0.399 e. The molecule has 0 aliphatic carbocycles. The van der Waals surface area contributed by atoms with Gasteiger partial charge in [-0.1, -0.05) is 82.1 Å². The fourth-order valence-electron chi connectivity index (χ4n) is 6.78. The van der Waals surface area contributed by atoms with Crippen molar-refractivity contribution in [3.63, 3.8) is 0 Å². The lowest BCUT2D eigenvalue weighted by atomic mass is 10.0. The summed E-state index contributed by atoms with van der Waals surface area (Å²) in [4.78, 5) is 19.8. The number of halogens is 13. The number of benzene rings is 8. The van der Waals surface area contributed by atoms with E-state index in [2.05, 4.69) is 0 Å². The average molecular weight is 1120 g/mol. The molecule has 0 spiro atoms. The van der Waals surface area contributed by atoms with Crippen molar-refractivity contribution in [3.05, 3.63) is 208 Å². The van der Waals surface area contributed by atoms with Crippen molar-refractivity contribution in [2.24, 2.45) is 0 Å². The highest BCUT2D eigenvalue weighted by atomic mass is 35.5. The van der Waals surface area contributed by atoms with Crippen LogP contribution in [0.4, 0.5) is 57.9 Å². The molecule has 0 heterocycles. The van der Waals surface area contributed by atoms with Crippen LogP contribution in [0.15, 0.2) is 141 Å². The first-order valence-corrected chi connectivity index (χ1v) is 22.6. The Morgan fingerprint density at radius 2 is 0.620 bits per heavy atom. The van der Waals surface area contributed by atoms with Gasteiger partial charge in [-0.3, -0.25) is 20.2 Å². The van der Waals surface area contributed by atoms with Crippen LogP contribution in [0.3, 0.4) is 0 Å². The summed E-state index contributed by atoms with van der Waals surface area (Å²) in [7, 11) is 0. The Labute approximate surface area is 431 Å². The van der Waals surface area contributed by atoms with Crippen molar-refractivity contribution in [2.45, 2.75) is 19.6 Å². The smallest absolute Gasteiger partial charge is 0.270 e. The fourth-order valence-corrected chi connectivity index (χ4v) is 9.67. The van der Waals surface area contributed by atoms with Crippen molar-refractivity contribution < 1.29 is 45.0 Å². The highest BCUT2D eigenvalue weighted by Crippen LogP contribution is 2.45. The van der Waals surface area contributed by atoms with Crippen molar-refractivity contribution in [2.75, 3.05) is 11.5 Å². The van der Waals surface area contributed by atoms with Crippen molar-refractivity contribution in [3.8, 4) is 44.5 Å². The molecule has 0 saturated carbocycles. The fraction of sp³-hybridized carbons (Fsp3) is 0.